The van der Waals surface area contributed by atoms with Gasteiger partial charge >= 0.3 is 5.76 Å². The number of nitrogens with one attached hydrogen (secondary N) is 1. The van der Waals surface area contributed by atoms with Gasteiger partial charge in [0.25, 0.3) is 0 Å². The van der Waals surface area contributed by atoms with Gasteiger partial charge in [-0.15, -0.1) is 0 Å². The average Bonchev–Trinajstić information content (AvgIpc) is 2.17. The molecule has 0 radical (unpaired) electrons. The Morgan fingerprint density at radius 2 is 1.73 bits per heavy atom. The van der Waals surface area contributed by atoms with Crippen molar-refractivity contribution < 1.29 is 27.6 Å². The fourth-order valence-electron chi connectivity index (χ4n) is 0.890. The molecule has 84 valence electrons. The minimum absolute atomic E-state index is 0.164. The predicted molar refractivity (Wildman–Crippen MR) is 45.4 cm³/mol. The van der Waals surface area contributed by atoms with Gasteiger partial charge in [-0.05, 0) is 12.1 Å². The minimum atomic E-state index is -4.65. The number of hydrogen-bond donors (Lipinski definition) is 2. The van der Waals surface area contributed by atoms with Crippen LogP contribution in [0.1, 0.15) is 0 Å². The second kappa shape index (κ2) is 4.19. The molecule has 1 rings (SSSR count). The van der Waals surface area contributed by atoms with E-state index in [9.17, 15) is 22.4 Å². The fraction of sp³-hybridized carbons (Fsp3) is 0.143. The van der Waals surface area contributed by atoms with Crippen LogP contribution in [0, 0.1) is 5.21 Å². The molecule has 0 aliphatic heterocycles. The highest BCUT2D eigenvalue weighted by molar-refractivity contribution is 7.91. The Bertz CT molecular complexity index is 429. The van der Waals surface area contributed by atoms with Crippen LogP contribution < -0.4 is 5.23 Å². The third-order valence-corrected chi connectivity index (χ3v) is 3.06. The van der Waals surface area contributed by atoms with Crippen LogP contribution in [0.25, 0.3) is 0 Å². The monoisotopic (exact) mass is 239 g/mol. The molecule has 1 aromatic carbocycles. The maximum absolute atomic E-state index is 12.1. The Kier molecular flexibility index (Phi) is 3.35. The van der Waals surface area contributed by atoms with Gasteiger partial charge in [0.05, 0.1) is 4.90 Å². The number of sulfone groups is 1. The Morgan fingerprint density at radius 1 is 1.27 bits per heavy atom. The summed E-state index contributed by atoms with van der Waals surface area (Å²) in [5.74, 6) is -3.51. The number of alkyl halides is 2. The Morgan fingerprint density at radius 3 is 2.07 bits per heavy atom. The maximum Gasteiger partial charge on any atom is 0.341 e. The summed E-state index contributed by atoms with van der Waals surface area (Å²) >= 11 is 0. The molecular weight excluding hydrogens is 232 g/mol. The molecule has 1 atom stereocenters. The lowest BCUT2D eigenvalue weighted by Crippen LogP contribution is -2.99. The summed E-state index contributed by atoms with van der Waals surface area (Å²) in [6.45, 7) is 0. The fourth-order valence-corrected chi connectivity index (χ4v) is 1.61. The summed E-state index contributed by atoms with van der Waals surface area (Å²) in [6.07, 6.45) is 0. The van der Waals surface area contributed by atoms with Crippen molar-refractivity contribution in [2.75, 3.05) is 0 Å². The van der Waals surface area contributed by atoms with Crippen molar-refractivity contribution in [3.8, 4) is 0 Å². The van der Waals surface area contributed by atoms with E-state index in [1.807, 2.05) is 0 Å². The molecule has 0 heterocycles. The Labute approximate surface area is 84.0 Å². The average molecular weight is 239 g/mol. The molecule has 0 fully saturated rings. The van der Waals surface area contributed by atoms with Crippen molar-refractivity contribution >= 4 is 15.5 Å². The van der Waals surface area contributed by atoms with E-state index < -0.39 is 25.7 Å². The van der Waals surface area contributed by atoms with Gasteiger partial charge in [-0.2, -0.15) is 14.0 Å². The molecular formula is C7H7F2NO4S. The van der Waals surface area contributed by atoms with Crippen LogP contribution in [0.4, 0.5) is 14.5 Å². The first kappa shape index (κ1) is 12.0. The van der Waals surface area contributed by atoms with Crippen molar-refractivity contribution in [1.82, 2.24) is 0 Å². The van der Waals surface area contributed by atoms with E-state index in [0.29, 0.717) is 0 Å². The standard InChI is InChI=1S/C7H7F2NO4S/c8-7(9)15(13,14)6-3-1-5(2-4-6)10(11)12/h1-4,7,10-11H. The highest BCUT2D eigenvalue weighted by Gasteiger charge is 2.26. The molecule has 0 amide bonds. The topological polar surface area (TPSA) is 81.9 Å². The van der Waals surface area contributed by atoms with Crippen molar-refractivity contribution in [2.45, 2.75) is 10.7 Å². The molecule has 0 spiro atoms. The highest BCUT2D eigenvalue weighted by Crippen LogP contribution is 2.18. The van der Waals surface area contributed by atoms with Crippen LogP contribution in [0.3, 0.4) is 0 Å². The van der Waals surface area contributed by atoms with Crippen LogP contribution in [-0.4, -0.2) is 19.4 Å². The largest absolute Gasteiger partial charge is 0.595 e. The number of quaternary nitrogens is 1. The summed E-state index contributed by atoms with van der Waals surface area (Å²) in [7, 11) is -4.65. The zero-order valence-electron chi connectivity index (χ0n) is 7.22. The van der Waals surface area contributed by atoms with Gasteiger partial charge in [0, 0.05) is 12.1 Å². The molecule has 5 nitrogen and oxygen atoms in total. The zero-order valence-corrected chi connectivity index (χ0v) is 8.04. The molecule has 2 N–H and O–H groups in total. The Hall–Kier alpha value is -1.09. The van der Waals surface area contributed by atoms with Gasteiger partial charge in [0.2, 0.25) is 9.84 Å². The number of hydrogen-bond acceptors (Lipinski definition) is 4. The molecule has 0 saturated heterocycles. The first-order valence-electron chi connectivity index (χ1n) is 3.71. The molecule has 15 heavy (non-hydrogen) atoms. The quantitative estimate of drug-likeness (QED) is 0.732. The van der Waals surface area contributed by atoms with E-state index in [1.54, 1.807) is 0 Å². The zero-order chi connectivity index (χ0) is 11.6. The molecule has 1 aromatic rings. The maximum atomic E-state index is 12.1. The highest BCUT2D eigenvalue weighted by atomic mass is 32.2. The summed E-state index contributed by atoms with van der Waals surface area (Å²) in [6, 6.07) is 3.59. The van der Waals surface area contributed by atoms with Gasteiger partial charge < -0.3 is 5.21 Å². The van der Waals surface area contributed by atoms with Gasteiger partial charge in [0.15, 0.2) is 5.69 Å². The minimum Gasteiger partial charge on any atom is -0.595 e. The van der Waals surface area contributed by atoms with Gasteiger partial charge in [-0.1, -0.05) is 0 Å². The summed E-state index contributed by atoms with van der Waals surface area (Å²) in [5, 5.41) is 17.6. The normalized spacial score (nSPS) is 14.2. The number of benzene rings is 1. The van der Waals surface area contributed by atoms with E-state index in [1.165, 1.54) is 0 Å². The summed E-state index contributed by atoms with van der Waals surface area (Å²) in [4.78, 5) is -0.595. The second-order valence-electron chi connectivity index (χ2n) is 2.64. The van der Waals surface area contributed by atoms with E-state index >= 15 is 0 Å². The first-order chi connectivity index (χ1) is 6.85. The van der Waals surface area contributed by atoms with E-state index in [2.05, 4.69) is 0 Å². The van der Waals surface area contributed by atoms with Gasteiger partial charge in [0.1, 0.15) is 0 Å². The third-order valence-electron chi connectivity index (χ3n) is 1.66. The number of halogens is 2. The first-order valence-corrected chi connectivity index (χ1v) is 5.26. The number of rotatable bonds is 3. The smallest absolute Gasteiger partial charge is 0.341 e. The van der Waals surface area contributed by atoms with Crippen LogP contribution in [0.2, 0.25) is 0 Å². The van der Waals surface area contributed by atoms with E-state index in [4.69, 9.17) is 5.21 Å². The van der Waals surface area contributed by atoms with Crippen molar-refractivity contribution in [2.24, 2.45) is 0 Å². The molecule has 0 aliphatic rings. The van der Waals surface area contributed by atoms with Crippen LogP contribution in [-0.2, 0) is 9.84 Å². The van der Waals surface area contributed by atoms with Gasteiger partial charge in [-0.25, -0.2) is 13.6 Å². The molecule has 0 aromatic heterocycles. The lowest BCUT2D eigenvalue weighted by Gasteiger charge is -2.11. The molecule has 8 heteroatoms. The van der Waals surface area contributed by atoms with Crippen molar-refractivity contribution in [1.29, 1.82) is 0 Å². The predicted octanol–water partition coefficient (Wildman–Crippen LogP) is 0.0863. The molecule has 0 saturated carbocycles. The third kappa shape index (κ3) is 2.48. The van der Waals surface area contributed by atoms with E-state index in [0.717, 1.165) is 24.3 Å². The van der Waals surface area contributed by atoms with Crippen LogP contribution in [0.5, 0.6) is 0 Å². The lowest BCUT2D eigenvalue weighted by atomic mass is 10.3. The van der Waals surface area contributed by atoms with E-state index in [-0.39, 0.29) is 5.69 Å². The summed E-state index contributed by atoms with van der Waals surface area (Å²) < 4.78 is 45.9. The second-order valence-corrected chi connectivity index (χ2v) is 4.55. The molecule has 0 aliphatic carbocycles. The molecule has 1 unspecified atom stereocenters. The Balaban J connectivity index is 3.10. The summed E-state index contributed by atoms with van der Waals surface area (Å²) in [5.41, 5.74) is -0.164. The SMILES string of the molecule is O=S(=O)(c1ccc([NH+]([O-])O)cc1)C(F)F. The molecule has 0 bridgehead atoms. The van der Waals surface area contributed by atoms with Crippen LogP contribution >= 0.6 is 0 Å². The van der Waals surface area contributed by atoms with Gasteiger partial charge in [-0.3, -0.25) is 0 Å². The van der Waals surface area contributed by atoms with Crippen molar-refractivity contribution in [3.05, 3.63) is 29.5 Å². The van der Waals surface area contributed by atoms with Crippen molar-refractivity contribution in [3.63, 3.8) is 0 Å². The van der Waals surface area contributed by atoms with Crippen LogP contribution in [0.15, 0.2) is 29.2 Å². The lowest BCUT2D eigenvalue weighted by molar-refractivity contribution is -0.991.